The number of methoxy groups -OCH3 is 1. The molecule has 28 heavy (non-hydrogen) atoms. The highest BCUT2D eigenvalue weighted by Crippen LogP contribution is 2.54. The Bertz CT molecular complexity index is 902. The van der Waals surface area contributed by atoms with Crippen molar-refractivity contribution in [1.82, 2.24) is 4.90 Å². The number of carbonyl (C=O) groups is 2. The fraction of sp³-hybridized carbons (Fsp3) is 0.333. The highest BCUT2D eigenvalue weighted by molar-refractivity contribution is 8.01. The van der Waals surface area contributed by atoms with Crippen molar-refractivity contribution in [1.29, 1.82) is 0 Å². The lowest BCUT2D eigenvalue weighted by molar-refractivity contribution is -0.123. The smallest absolute Gasteiger partial charge is 0.323 e. The van der Waals surface area contributed by atoms with Crippen molar-refractivity contribution >= 4 is 35.1 Å². The lowest BCUT2D eigenvalue weighted by Gasteiger charge is -2.33. The monoisotopic (exact) mass is 397 g/mol. The highest BCUT2D eigenvalue weighted by Gasteiger charge is 2.59. The van der Waals surface area contributed by atoms with Gasteiger partial charge in [0.15, 0.2) is 4.87 Å². The number of aryl methyl sites for hydroxylation is 1. The van der Waals surface area contributed by atoms with Crippen molar-refractivity contribution in [3.8, 4) is 0 Å². The second-order valence-corrected chi connectivity index (χ2v) is 8.19. The quantitative estimate of drug-likeness (QED) is 0.859. The number of ether oxygens (including phenoxy) is 1. The van der Waals surface area contributed by atoms with E-state index in [0.29, 0.717) is 25.4 Å². The van der Waals surface area contributed by atoms with Crippen LogP contribution >= 0.6 is 11.8 Å². The lowest BCUT2D eigenvalue weighted by atomic mass is 10.1. The Morgan fingerprint density at radius 2 is 1.96 bits per heavy atom. The molecule has 0 aliphatic carbocycles. The molecule has 0 aromatic heterocycles. The van der Waals surface area contributed by atoms with Crippen LogP contribution in [0.5, 0.6) is 0 Å². The van der Waals surface area contributed by atoms with Gasteiger partial charge in [-0.15, -0.1) is 11.8 Å². The third-order valence-corrected chi connectivity index (χ3v) is 6.59. The minimum atomic E-state index is -1.01. The van der Waals surface area contributed by atoms with Crippen LogP contribution < -0.4 is 10.2 Å². The molecule has 1 fully saturated rings. The van der Waals surface area contributed by atoms with Crippen LogP contribution in [0.3, 0.4) is 0 Å². The van der Waals surface area contributed by atoms with E-state index in [4.69, 9.17) is 4.74 Å². The molecule has 2 aromatic carbocycles. The van der Waals surface area contributed by atoms with Crippen LogP contribution in [-0.4, -0.2) is 49.4 Å². The van der Waals surface area contributed by atoms with Crippen LogP contribution in [0, 0.1) is 6.92 Å². The first-order valence-electron chi connectivity index (χ1n) is 9.27. The molecule has 0 radical (unpaired) electrons. The molecule has 1 N–H and O–H groups in total. The van der Waals surface area contributed by atoms with E-state index in [1.165, 1.54) is 11.8 Å². The third kappa shape index (κ3) is 2.95. The van der Waals surface area contributed by atoms with E-state index < -0.39 is 4.87 Å². The summed E-state index contributed by atoms with van der Waals surface area (Å²) in [5, 5.41) is 2.95. The zero-order chi connectivity index (χ0) is 19.7. The zero-order valence-corrected chi connectivity index (χ0v) is 16.8. The van der Waals surface area contributed by atoms with Crippen molar-refractivity contribution < 1.29 is 14.3 Å². The number of hydrogen-bond donors (Lipinski definition) is 1. The number of amides is 3. The first kappa shape index (κ1) is 18.8. The molecule has 2 aromatic rings. The summed E-state index contributed by atoms with van der Waals surface area (Å²) in [6.07, 6.45) is 0. The Balaban J connectivity index is 1.68. The number of urea groups is 1. The topological polar surface area (TPSA) is 61.9 Å². The molecule has 1 spiro atoms. The van der Waals surface area contributed by atoms with E-state index in [1.807, 2.05) is 55.5 Å². The number of benzene rings is 2. The molecule has 2 aliphatic heterocycles. The minimum absolute atomic E-state index is 0.0766. The number of nitrogens with one attached hydrogen (secondary N) is 1. The summed E-state index contributed by atoms with van der Waals surface area (Å²) < 4.78 is 5.19. The van der Waals surface area contributed by atoms with Gasteiger partial charge in [-0.05, 0) is 25.1 Å². The zero-order valence-electron chi connectivity index (χ0n) is 16.0. The van der Waals surface area contributed by atoms with Gasteiger partial charge in [-0.3, -0.25) is 9.69 Å². The van der Waals surface area contributed by atoms with Gasteiger partial charge in [0.25, 0.3) is 5.91 Å². The molecule has 6 nitrogen and oxygen atoms in total. The van der Waals surface area contributed by atoms with Gasteiger partial charge in [0.05, 0.1) is 12.3 Å². The maximum Gasteiger partial charge on any atom is 0.323 e. The molecular weight excluding hydrogens is 374 g/mol. The van der Waals surface area contributed by atoms with Gasteiger partial charge in [0, 0.05) is 37.2 Å². The Kier molecular flexibility index (Phi) is 5.03. The van der Waals surface area contributed by atoms with Crippen LogP contribution in [0.1, 0.15) is 11.1 Å². The molecule has 3 amide bonds. The second kappa shape index (κ2) is 7.48. The molecule has 146 valence electrons. The fourth-order valence-electron chi connectivity index (χ4n) is 3.80. The molecule has 2 heterocycles. The summed E-state index contributed by atoms with van der Waals surface area (Å²) in [7, 11) is 1.62. The van der Waals surface area contributed by atoms with E-state index >= 15 is 0 Å². The molecule has 1 atom stereocenters. The average molecular weight is 398 g/mol. The number of fused-ring (bicyclic) bond motifs is 2. The van der Waals surface area contributed by atoms with Crippen LogP contribution in [-0.2, 0) is 14.4 Å². The summed E-state index contributed by atoms with van der Waals surface area (Å²) in [6, 6.07) is 15.1. The molecular formula is C21H23N3O3S. The number of thioether (sulfide) groups is 1. The first-order valence-corrected chi connectivity index (χ1v) is 10.3. The molecule has 2 aliphatic rings. The molecule has 4 rings (SSSR count). The van der Waals surface area contributed by atoms with Crippen molar-refractivity contribution in [2.24, 2.45) is 0 Å². The Labute approximate surface area is 168 Å². The van der Waals surface area contributed by atoms with Gasteiger partial charge in [0.2, 0.25) is 0 Å². The largest absolute Gasteiger partial charge is 0.383 e. The van der Waals surface area contributed by atoms with Gasteiger partial charge in [-0.2, -0.15) is 0 Å². The molecule has 0 saturated carbocycles. The van der Waals surface area contributed by atoms with Gasteiger partial charge in [-0.1, -0.05) is 35.9 Å². The fourth-order valence-corrected chi connectivity index (χ4v) is 5.26. The van der Waals surface area contributed by atoms with E-state index in [9.17, 15) is 9.59 Å². The predicted octanol–water partition coefficient (Wildman–Crippen LogP) is 3.42. The minimum Gasteiger partial charge on any atom is -0.383 e. The number of nitrogens with zero attached hydrogens (tertiary/aromatic N) is 2. The number of para-hydroxylation sites is 1. The Hall–Kier alpha value is -2.51. The van der Waals surface area contributed by atoms with Gasteiger partial charge in [-0.25, -0.2) is 4.79 Å². The van der Waals surface area contributed by atoms with Crippen LogP contribution in [0.4, 0.5) is 16.2 Å². The molecule has 0 unspecified atom stereocenters. The van der Waals surface area contributed by atoms with Crippen molar-refractivity contribution in [2.75, 3.05) is 42.8 Å². The van der Waals surface area contributed by atoms with Crippen LogP contribution in [0.25, 0.3) is 0 Å². The summed E-state index contributed by atoms with van der Waals surface area (Å²) >= 11 is 1.52. The van der Waals surface area contributed by atoms with E-state index in [0.717, 1.165) is 22.5 Å². The summed E-state index contributed by atoms with van der Waals surface area (Å²) in [5.41, 5.74) is 3.57. The van der Waals surface area contributed by atoms with Crippen molar-refractivity contribution in [3.05, 3.63) is 59.7 Å². The molecule has 0 bridgehead atoms. The number of rotatable bonds is 4. The lowest BCUT2D eigenvalue weighted by Crippen LogP contribution is -2.52. The summed E-state index contributed by atoms with van der Waals surface area (Å²) in [6.45, 7) is 3.42. The van der Waals surface area contributed by atoms with E-state index in [2.05, 4.69) is 5.32 Å². The number of anilines is 2. The predicted molar refractivity (Wildman–Crippen MR) is 112 cm³/mol. The summed E-state index contributed by atoms with van der Waals surface area (Å²) in [4.78, 5) is 29.1. The second-order valence-electron chi connectivity index (χ2n) is 6.91. The first-order chi connectivity index (χ1) is 13.6. The van der Waals surface area contributed by atoms with Gasteiger partial charge >= 0.3 is 6.03 Å². The maximum absolute atomic E-state index is 13.5. The van der Waals surface area contributed by atoms with E-state index in [1.54, 1.807) is 16.9 Å². The Morgan fingerprint density at radius 1 is 1.21 bits per heavy atom. The third-order valence-electron chi connectivity index (χ3n) is 5.17. The average Bonchev–Trinajstić information content (AvgIpc) is 3.25. The number of hydrogen-bond acceptors (Lipinski definition) is 4. The van der Waals surface area contributed by atoms with Crippen molar-refractivity contribution in [2.45, 2.75) is 11.8 Å². The molecule has 7 heteroatoms. The number of carbonyl (C=O) groups excluding carboxylic acids is 2. The van der Waals surface area contributed by atoms with Gasteiger partial charge in [0.1, 0.15) is 0 Å². The summed E-state index contributed by atoms with van der Waals surface area (Å²) in [5.74, 6) is 0.631. The SMILES string of the molecule is COCCN1C(=O)[C@@]2(SCCN2C(=O)Nc2ccc(C)cc2)c2ccccc21. The van der Waals surface area contributed by atoms with Crippen LogP contribution in [0.2, 0.25) is 0 Å². The molecule has 1 saturated heterocycles. The van der Waals surface area contributed by atoms with E-state index in [-0.39, 0.29) is 11.9 Å². The normalized spacial score (nSPS) is 20.7. The highest BCUT2D eigenvalue weighted by atomic mass is 32.2. The van der Waals surface area contributed by atoms with Crippen molar-refractivity contribution in [3.63, 3.8) is 0 Å². The Morgan fingerprint density at radius 3 is 2.71 bits per heavy atom. The standard InChI is InChI=1S/C21H23N3O3S/c1-15-7-9-16(10-8-15)22-20(26)24-12-14-28-21(24)17-5-3-4-6-18(17)23(19(21)25)11-13-27-2/h3-10H,11-14H2,1-2H3,(H,22,26)/t21-/m0/s1. The van der Waals surface area contributed by atoms with Crippen LogP contribution in [0.15, 0.2) is 48.5 Å². The maximum atomic E-state index is 13.5. The van der Waals surface area contributed by atoms with Gasteiger partial charge < -0.3 is 15.0 Å².